The summed E-state index contributed by atoms with van der Waals surface area (Å²) in [4.78, 5) is 46.0. The van der Waals surface area contributed by atoms with E-state index in [4.69, 9.17) is 11.5 Å². The van der Waals surface area contributed by atoms with Crippen LogP contribution in [0.3, 0.4) is 0 Å². The number of primary amides is 1. The monoisotopic (exact) mass is 349 g/mol. The Bertz CT molecular complexity index is 606. The summed E-state index contributed by atoms with van der Waals surface area (Å²) in [5.41, 5.74) is 11.1. The van der Waals surface area contributed by atoms with Crippen LogP contribution in [0.5, 0.6) is 0 Å². The van der Waals surface area contributed by atoms with E-state index in [0.29, 0.717) is 0 Å². The van der Waals surface area contributed by atoms with Gasteiger partial charge in [0.25, 0.3) is 0 Å². The molecule has 0 aliphatic carbocycles. The standard InChI is InChI=1S/C16H23N5O4/c17-9-14(23)21-12(8-11-4-2-1-3-5-11)16(25)20-10-15(24)19-7-6-13(18)22/h1-5,12H,6-10,17H2,(H2,18,22)(H,19,24)(H,20,25)(H,21,23)/t12-/m0/s1. The Morgan fingerprint density at radius 3 is 2.28 bits per heavy atom. The number of nitrogens with one attached hydrogen (secondary N) is 3. The number of hydrogen-bond donors (Lipinski definition) is 5. The van der Waals surface area contributed by atoms with Gasteiger partial charge in [-0.15, -0.1) is 0 Å². The molecule has 0 unspecified atom stereocenters. The van der Waals surface area contributed by atoms with E-state index in [1.165, 1.54) is 0 Å². The molecule has 1 aromatic carbocycles. The zero-order valence-electron chi connectivity index (χ0n) is 13.8. The summed E-state index contributed by atoms with van der Waals surface area (Å²) >= 11 is 0. The molecule has 4 amide bonds. The fourth-order valence-electron chi connectivity index (χ4n) is 1.99. The van der Waals surface area contributed by atoms with E-state index < -0.39 is 29.7 Å². The highest BCUT2D eigenvalue weighted by atomic mass is 16.2. The van der Waals surface area contributed by atoms with Gasteiger partial charge >= 0.3 is 0 Å². The van der Waals surface area contributed by atoms with Crippen LogP contribution in [0.4, 0.5) is 0 Å². The Morgan fingerprint density at radius 2 is 1.68 bits per heavy atom. The Balaban J connectivity index is 2.55. The third-order valence-corrected chi connectivity index (χ3v) is 3.24. The zero-order valence-corrected chi connectivity index (χ0v) is 13.8. The maximum absolute atomic E-state index is 12.3. The molecule has 0 radical (unpaired) electrons. The summed E-state index contributed by atoms with van der Waals surface area (Å²) < 4.78 is 0. The Kier molecular flexibility index (Phi) is 8.66. The molecule has 1 atom stereocenters. The second-order valence-corrected chi connectivity index (χ2v) is 5.30. The average Bonchev–Trinajstić information content (AvgIpc) is 2.59. The topological polar surface area (TPSA) is 156 Å². The van der Waals surface area contributed by atoms with Crippen molar-refractivity contribution in [2.75, 3.05) is 19.6 Å². The van der Waals surface area contributed by atoms with E-state index in [9.17, 15) is 19.2 Å². The highest BCUT2D eigenvalue weighted by Crippen LogP contribution is 2.03. The van der Waals surface area contributed by atoms with Crippen LogP contribution in [0.1, 0.15) is 12.0 Å². The van der Waals surface area contributed by atoms with Crippen molar-refractivity contribution in [3.63, 3.8) is 0 Å². The number of benzene rings is 1. The molecule has 0 heterocycles. The normalized spacial score (nSPS) is 11.2. The quantitative estimate of drug-likeness (QED) is 0.323. The maximum Gasteiger partial charge on any atom is 0.243 e. The molecule has 0 spiro atoms. The summed E-state index contributed by atoms with van der Waals surface area (Å²) in [5, 5.41) is 7.42. The van der Waals surface area contributed by atoms with Gasteiger partial charge in [0.15, 0.2) is 0 Å². The highest BCUT2D eigenvalue weighted by molar-refractivity contribution is 5.91. The van der Waals surface area contributed by atoms with Crippen LogP contribution < -0.4 is 27.4 Å². The maximum atomic E-state index is 12.3. The molecule has 9 nitrogen and oxygen atoms in total. The van der Waals surface area contributed by atoms with Crippen molar-refractivity contribution in [2.45, 2.75) is 18.9 Å². The SMILES string of the molecule is NCC(=O)N[C@@H](Cc1ccccc1)C(=O)NCC(=O)NCCC(N)=O. The Morgan fingerprint density at radius 1 is 1.00 bits per heavy atom. The molecule has 25 heavy (non-hydrogen) atoms. The number of amides is 4. The molecule has 0 bridgehead atoms. The number of carbonyl (C=O) groups is 4. The highest BCUT2D eigenvalue weighted by Gasteiger charge is 2.21. The number of nitrogens with two attached hydrogens (primary N) is 2. The zero-order chi connectivity index (χ0) is 18.7. The van der Waals surface area contributed by atoms with Crippen LogP contribution in [-0.4, -0.2) is 49.3 Å². The summed E-state index contributed by atoms with van der Waals surface area (Å²) in [6.07, 6.45) is 0.282. The van der Waals surface area contributed by atoms with E-state index in [0.717, 1.165) is 5.56 Å². The minimum Gasteiger partial charge on any atom is -0.370 e. The largest absolute Gasteiger partial charge is 0.370 e. The molecular formula is C16H23N5O4. The minimum absolute atomic E-state index is 0.0167. The fraction of sp³-hybridized carbons (Fsp3) is 0.375. The molecule has 1 aromatic rings. The molecule has 0 fully saturated rings. The summed E-state index contributed by atoms with van der Waals surface area (Å²) in [7, 11) is 0. The van der Waals surface area contributed by atoms with E-state index in [-0.39, 0.29) is 32.5 Å². The van der Waals surface area contributed by atoms with Gasteiger partial charge in [-0.25, -0.2) is 0 Å². The third-order valence-electron chi connectivity index (χ3n) is 3.24. The van der Waals surface area contributed by atoms with Gasteiger partial charge in [-0.05, 0) is 5.56 Å². The molecule has 0 aromatic heterocycles. The lowest BCUT2D eigenvalue weighted by Gasteiger charge is -2.18. The van der Waals surface area contributed by atoms with E-state index >= 15 is 0 Å². The second kappa shape index (κ2) is 10.8. The van der Waals surface area contributed by atoms with Crippen LogP contribution in [-0.2, 0) is 25.6 Å². The summed E-state index contributed by atoms with van der Waals surface area (Å²) in [5.74, 6) is -1.97. The van der Waals surface area contributed by atoms with E-state index in [2.05, 4.69) is 16.0 Å². The van der Waals surface area contributed by atoms with Crippen molar-refractivity contribution in [3.05, 3.63) is 35.9 Å². The first-order chi connectivity index (χ1) is 11.9. The van der Waals surface area contributed by atoms with Crippen LogP contribution in [0.2, 0.25) is 0 Å². The predicted molar refractivity (Wildman–Crippen MR) is 91.0 cm³/mol. The molecule has 0 aliphatic heterocycles. The molecule has 9 heteroatoms. The van der Waals surface area contributed by atoms with Crippen molar-refractivity contribution < 1.29 is 19.2 Å². The number of hydrogen-bond acceptors (Lipinski definition) is 5. The lowest BCUT2D eigenvalue weighted by molar-refractivity contribution is -0.130. The van der Waals surface area contributed by atoms with Gasteiger partial charge < -0.3 is 27.4 Å². The summed E-state index contributed by atoms with van der Waals surface area (Å²) in [6, 6.07) is 8.28. The van der Waals surface area contributed by atoms with Gasteiger partial charge in [0.05, 0.1) is 13.1 Å². The molecular weight excluding hydrogens is 326 g/mol. The van der Waals surface area contributed by atoms with Crippen LogP contribution in [0.15, 0.2) is 30.3 Å². The van der Waals surface area contributed by atoms with Gasteiger partial charge in [-0.2, -0.15) is 0 Å². The number of rotatable bonds is 10. The van der Waals surface area contributed by atoms with Gasteiger partial charge in [-0.3, -0.25) is 19.2 Å². The first kappa shape index (κ1) is 20.1. The third kappa shape index (κ3) is 8.47. The minimum atomic E-state index is -0.850. The fourth-order valence-corrected chi connectivity index (χ4v) is 1.99. The molecule has 0 saturated carbocycles. The van der Waals surface area contributed by atoms with Crippen molar-refractivity contribution >= 4 is 23.6 Å². The van der Waals surface area contributed by atoms with Gasteiger partial charge in [0, 0.05) is 19.4 Å². The predicted octanol–water partition coefficient (Wildman–Crippen LogP) is -2.22. The lowest BCUT2D eigenvalue weighted by Crippen LogP contribution is -2.51. The summed E-state index contributed by atoms with van der Waals surface area (Å²) in [6.45, 7) is -0.422. The van der Waals surface area contributed by atoms with E-state index in [1.54, 1.807) is 0 Å². The smallest absolute Gasteiger partial charge is 0.243 e. The Hall–Kier alpha value is -2.94. The van der Waals surface area contributed by atoms with Crippen LogP contribution in [0, 0.1) is 0 Å². The van der Waals surface area contributed by atoms with Crippen molar-refractivity contribution in [1.82, 2.24) is 16.0 Å². The van der Waals surface area contributed by atoms with Crippen molar-refractivity contribution in [3.8, 4) is 0 Å². The first-order valence-corrected chi connectivity index (χ1v) is 7.78. The molecule has 136 valence electrons. The van der Waals surface area contributed by atoms with Crippen molar-refractivity contribution in [1.29, 1.82) is 0 Å². The molecule has 0 saturated heterocycles. The second-order valence-electron chi connectivity index (χ2n) is 5.30. The lowest BCUT2D eigenvalue weighted by atomic mass is 10.1. The van der Waals surface area contributed by atoms with Gasteiger partial charge in [-0.1, -0.05) is 30.3 Å². The molecule has 1 rings (SSSR count). The first-order valence-electron chi connectivity index (χ1n) is 7.78. The van der Waals surface area contributed by atoms with Gasteiger partial charge in [0.2, 0.25) is 23.6 Å². The molecule has 0 aliphatic rings. The average molecular weight is 349 g/mol. The van der Waals surface area contributed by atoms with E-state index in [1.807, 2.05) is 30.3 Å². The molecule has 7 N–H and O–H groups in total. The Labute approximate surface area is 145 Å². The van der Waals surface area contributed by atoms with Crippen LogP contribution >= 0.6 is 0 Å². The number of carbonyl (C=O) groups excluding carboxylic acids is 4. The van der Waals surface area contributed by atoms with Crippen LogP contribution in [0.25, 0.3) is 0 Å². The van der Waals surface area contributed by atoms with Gasteiger partial charge in [0.1, 0.15) is 6.04 Å². The van der Waals surface area contributed by atoms with Crippen molar-refractivity contribution in [2.24, 2.45) is 11.5 Å².